The summed E-state index contributed by atoms with van der Waals surface area (Å²) in [5, 5.41) is 21.3. The van der Waals surface area contributed by atoms with Crippen LogP contribution in [0.5, 0.6) is 11.5 Å². The Bertz CT molecular complexity index is 1140. The van der Waals surface area contributed by atoms with Gasteiger partial charge in [0, 0.05) is 0 Å². The van der Waals surface area contributed by atoms with Gasteiger partial charge in [-0.2, -0.15) is 0 Å². The fourth-order valence-electron chi connectivity index (χ4n) is 4.99. The monoisotopic (exact) mass is 694 g/mol. The van der Waals surface area contributed by atoms with Gasteiger partial charge in [0.05, 0.1) is 12.2 Å². The van der Waals surface area contributed by atoms with Crippen LogP contribution in [0, 0.1) is 0 Å². The minimum absolute atomic E-state index is 0. The molecule has 0 aromatic heterocycles. The molecule has 2 N–H and O–H groups in total. The van der Waals surface area contributed by atoms with Crippen molar-refractivity contribution in [1.82, 2.24) is 0 Å². The first kappa shape index (κ1) is 44.6. The molecule has 0 fully saturated rings. The van der Waals surface area contributed by atoms with E-state index in [-0.39, 0.29) is 59.4 Å². The van der Waals surface area contributed by atoms with E-state index in [4.69, 9.17) is 9.05 Å². The number of hydrogen-bond donors (Lipinski definition) is 2. The summed E-state index contributed by atoms with van der Waals surface area (Å²) in [5.74, 6) is 0.657. The van der Waals surface area contributed by atoms with E-state index in [2.05, 4.69) is 83.1 Å². The third-order valence-corrected chi connectivity index (χ3v) is 8.40. The molecule has 0 spiro atoms. The van der Waals surface area contributed by atoms with Crippen LogP contribution in [0.2, 0.25) is 0 Å². The van der Waals surface area contributed by atoms with Crippen LogP contribution in [-0.4, -0.2) is 60.2 Å². The summed E-state index contributed by atoms with van der Waals surface area (Å²) in [6.07, 6.45) is 0.166. The first-order valence-electron chi connectivity index (χ1n) is 15.1. The van der Waals surface area contributed by atoms with Crippen LogP contribution in [0.25, 0.3) is 0 Å². The molecule has 0 bridgehead atoms. The fourth-order valence-corrected chi connectivity index (χ4v) is 5.81. The molecule has 0 radical (unpaired) electrons. The van der Waals surface area contributed by atoms with Gasteiger partial charge in [-0.3, -0.25) is 0 Å². The number of hydrogen-bond acceptors (Lipinski definition) is 8. The Morgan fingerprint density at radius 3 is 0.933 bits per heavy atom. The van der Waals surface area contributed by atoms with Gasteiger partial charge in [-0.1, -0.05) is 107 Å². The van der Waals surface area contributed by atoms with Crippen molar-refractivity contribution in [3.05, 3.63) is 57.6 Å². The van der Waals surface area contributed by atoms with Crippen molar-refractivity contribution in [2.24, 2.45) is 0 Å². The Balaban J connectivity index is 0.000000842. The Morgan fingerprint density at radius 2 is 0.778 bits per heavy atom. The Morgan fingerprint density at radius 1 is 0.578 bits per heavy atom. The SMILES string of the molecule is CC(Cc1cc(C(C)(C)C)c(O)c(C(C)(C)C)c1)O[PH](=O)[O-].CC(Cc1cc(C(C)(C)C)c(O)c(C(C)(C)C)c1)O[PH](=O)[O-].[Ca+2]. The zero-order chi connectivity index (χ0) is 34.6. The van der Waals surface area contributed by atoms with E-state index in [1.54, 1.807) is 13.8 Å². The van der Waals surface area contributed by atoms with E-state index in [1.165, 1.54) is 0 Å². The second kappa shape index (κ2) is 17.3. The van der Waals surface area contributed by atoms with Gasteiger partial charge in [-0.25, -0.2) is 0 Å². The molecule has 0 aliphatic rings. The zero-order valence-electron chi connectivity index (χ0n) is 29.9. The molecule has 2 aromatic carbocycles. The van der Waals surface area contributed by atoms with E-state index < -0.39 is 28.7 Å². The van der Waals surface area contributed by atoms with Crippen molar-refractivity contribution in [3.8, 4) is 11.5 Å². The molecule has 0 aliphatic carbocycles. The van der Waals surface area contributed by atoms with Gasteiger partial charge in [-0.05, 0) is 81.7 Å². The van der Waals surface area contributed by atoms with Crippen LogP contribution in [0.3, 0.4) is 0 Å². The molecule has 2 rings (SSSR count). The smallest absolute Gasteiger partial charge is 0.781 e. The first-order valence-corrected chi connectivity index (χ1v) is 17.6. The number of aromatic hydroxyl groups is 2. The molecule has 0 aliphatic heterocycles. The van der Waals surface area contributed by atoms with Crippen LogP contribution in [0.4, 0.5) is 0 Å². The van der Waals surface area contributed by atoms with Gasteiger partial charge in [0.25, 0.3) is 0 Å². The Kier molecular flexibility index (Phi) is 17.2. The van der Waals surface area contributed by atoms with E-state index in [0.717, 1.165) is 33.4 Å². The molecule has 0 saturated heterocycles. The van der Waals surface area contributed by atoms with Crippen LogP contribution < -0.4 is 9.79 Å². The number of rotatable bonds is 8. The third-order valence-electron chi connectivity index (χ3n) is 7.21. The topological polar surface area (TPSA) is 139 Å². The fraction of sp³-hybridized carbons (Fsp3) is 0.647. The maximum Gasteiger partial charge on any atom is 2.00 e. The van der Waals surface area contributed by atoms with Crippen molar-refractivity contribution in [3.63, 3.8) is 0 Å². The third kappa shape index (κ3) is 14.7. The molecule has 4 atom stereocenters. The van der Waals surface area contributed by atoms with Gasteiger partial charge in [-0.15, -0.1) is 0 Å². The maximum absolute atomic E-state index is 10.7. The van der Waals surface area contributed by atoms with Crippen LogP contribution in [-0.2, 0) is 52.7 Å². The molecular weight excluding hydrogens is 638 g/mol. The van der Waals surface area contributed by atoms with Crippen molar-refractivity contribution >= 4 is 54.2 Å². The van der Waals surface area contributed by atoms with Crippen molar-refractivity contribution in [2.45, 2.75) is 144 Å². The molecule has 11 heteroatoms. The molecular formula is C34H56CaO8P2. The predicted octanol–water partition coefficient (Wildman–Crippen LogP) is 6.99. The van der Waals surface area contributed by atoms with Gasteiger partial charge in [0.15, 0.2) is 0 Å². The van der Waals surface area contributed by atoms with Crippen LogP contribution >= 0.6 is 16.5 Å². The molecule has 0 saturated carbocycles. The van der Waals surface area contributed by atoms with E-state index in [9.17, 15) is 29.1 Å². The summed E-state index contributed by atoms with van der Waals surface area (Å²) in [6, 6.07) is 7.80. The van der Waals surface area contributed by atoms with E-state index in [0.29, 0.717) is 24.3 Å². The first-order chi connectivity index (χ1) is 19.6. The van der Waals surface area contributed by atoms with Gasteiger partial charge < -0.3 is 38.2 Å². The van der Waals surface area contributed by atoms with Gasteiger partial charge in [0.1, 0.15) is 28.0 Å². The second-order valence-electron chi connectivity index (χ2n) is 15.8. The minimum atomic E-state index is -3.19. The molecule has 45 heavy (non-hydrogen) atoms. The van der Waals surface area contributed by atoms with Crippen molar-refractivity contribution in [2.75, 3.05) is 0 Å². The van der Waals surface area contributed by atoms with Crippen molar-refractivity contribution in [1.29, 1.82) is 0 Å². The molecule has 252 valence electrons. The van der Waals surface area contributed by atoms with Crippen LogP contribution in [0.1, 0.15) is 130 Å². The summed E-state index contributed by atoms with van der Waals surface area (Å²) in [7, 11) is -6.37. The Hall–Kier alpha value is -0.400. The summed E-state index contributed by atoms with van der Waals surface area (Å²) >= 11 is 0. The summed E-state index contributed by atoms with van der Waals surface area (Å²) in [6.45, 7) is 28.1. The molecule has 0 amide bonds. The second-order valence-corrected chi connectivity index (χ2v) is 17.3. The zero-order valence-corrected chi connectivity index (χ0v) is 34.1. The number of benzene rings is 2. The maximum atomic E-state index is 10.7. The summed E-state index contributed by atoms with van der Waals surface area (Å²) in [5.41, 5.74) is 4.65. The summed E-state index contributed by atoms with van der Waals surface area (Å²) in [4.78, 5) is 21.4. The molecule has 8 nitrogen and oxygen atoms in total. The average Bonchev–Trinajstić information content (AvgIpc) is 2.77. The predicted molar refractivity (Wildman–Crippen MR) is 183 cm³/mol. The van der Waals surface area contributed by atoms with E-state index in [1.807, 2.05) is 24.3 Å². The largest absolute Gasteiger partial charge is 2.00 e. The van der Waals surface area contributed by atoms with Crippen molar-refractivity contribution < 1.29 is 38.2 Å². The standard InChI is InChI=1S/2C17H29O4P.Ca/c2*1-11(21-22(19)20)8-12-9-13(16(2,3)4)15(18)14(10-12)17(5,6)7;/h2*9-11,18,22H,8H2,1-7H3,(H,19,20);/q;;+2/p-2. The molecule has 4 unspecified atom stereocenters. The van der Waals surface area contributed by atoms with Gasteiger partial charge in [0.2, 0.25) is 0 Å². The average molecular weight is 695 g/mol. The number of phenolic OH excluding ortho intramolecular Hbond substituents is 2. The van der Waals surface area contributed by atoms with E-state index >= 15 is 0 Å². The normalized spacial score (nSPS) is 15.3. The number of phenols is 2. The molecule has 2 aromatic rings. The van der Waals surface area contributed by atoms with Gasteiger partial charge >= 0.3 is 37.7 Å². The summed E-state index contributed by atoms with van der Waals surface area (Å²) < 4.78 is 31.2. The molecule has 0 heterocycles. The van der Waals surface area contributed by atoms with Crippen LogP contribution in [0.15, 0.2) is 24.3 Å². The minimum Gasteiger partial charge on any atom is -0.781 e. The Labute approximate surface area is 303 Å². The quantitative estimate of drug-likeness (QED) is 0.223.